The summed E-state index contributed by atoms with van der Waals surface area (Å²) in [6.45, 7) is 2.03. The van der Waals surface area contributed by atoms with Crippen LogP contribution in [0.1, 0.15) is 5.56 Å². The van der Waals surface area contributed by atoms with Crippen LogP contribution in [0.3, 0.4) is 0 Å². The van der Waals surface area contributed by atoms with Crippen molar-refractivity contribution in [2.45, 2.75) is 6.92 Å². The molecule has 0 amide bonds. The molecule has 3 rings (SSSR count). The molecule has 0 aliphatic carbocycles. The Morgan fingerprint density at radius 2 is 2.00 bits per heavy atom. The van der Waals surface area contributed by atoms with Crippen LogP contribution in [0.5, 0.6) is 0 Å². The van der Waals surface area contributed by atoms with Crippen LogP contribution < -0.4 is 5.73 Å². The van der Waals surface area contributed by atoms with Gasteiger partial charge in [-0.3, -0.25) is 4.98 Å². The molecule has 3 aromatic rings. The van der Waals surface area contributed by atoms with Gasteiger partial charge in [0, 0.05) is 11.8 Å². The number of anilines is 1. The zero-order valence-corrected chi connectivity index (χ0v) is 10.5. The first-order valence-corrected chi connectivity index (χ1v) is 5.99. The second-order valence-electron chi connectivity index (χ2n) is 4.36. The Morgan fingerprint density at radius 1 is 1.11 bits per heavy atom. The number of hydrogen-bond acceptors (Lipinski definition) is 4. The van der Waals surface area contributed by atoms with Crippen LogP contribution in [0.2, 0.25) is 0 Å². The van der Waals surface area contributed by atoms with Crippen molar-refractivity contribution in [3.63, 3.8) is 0 Å². The quantitative estimate of drug-likeness (QED) is 0.759. The second kappa shape index (κ2) is 4.57. The summed E-state index contributed by atoms with van der Waals surface area (Å²) in [5, 5.41) is 3.86. The van der Waals surface area contributed by atoms with Gasteiger partial charge in [-0.1, -0.05) is 35.0 Å². The Labute approximate surface area is 110 Å². The molecule has 0 atom stereocenters. The van der Waals surface area contributed by atoms with Gasteiger partial charge in [-0.05, 0) is 25.1 Å². The maximum Gasteiger partial charge on any atom is 0.178 e. The second-order valence-corrected chi connectivity index (χ2v) is 4.36. The predicted molar refractivity (Wildman–Crippen MR) is 74.3 cm³/mol. The fraction of sp³-hybridized carbons (Fsp3) is 0.0667. The molecule has 0 aliphatic rings. The van der Waals surface area contributed by atoms with Crippen LogP contribution in [-0.2, 0) is 0 Å². The van der Waals surface area contributed by atoms with Gasteiger partial charge < -0.3 is 10.3 Å². The van der Waals surface area contributed by atoms with E-state index in [0.29, 0.717) is 11.6 Å². The van der Waals surface area contributed by atoms with Crippen molar-refractivity contribution in [2.75, 3.05) is 5.73 Å². The fourth-order valence-corrected chi connectivity index (χ4v) is 2.04. The van der Waals surface area contributed by atoms with Gasteiger partial charge in [0.15, 0.2) is 11.6 Å². The van der Waals surface area contributed by atoms with E-state index in [9.17, 15) is 0 Å². The average molecular weight is 251 g/mol. The highest BCUT2D eigenvalue weighted by atomic mass is 16.5. The van der Waals surface area contributed by atoms with E-state index in [2.05, 4.69) is 10.1 Å². The number of hydrogen-bond donors (Lipinski definition) is 1. The number of pyridine rings is 1. The Hall–Kier alpha value is -2.62. The minimum absolute atomic E-state index is 0.357. The standard InChI is InChI=1S/C15H13N3O/c1-10-5-4-6-11(9-10)14-13(15(16)18-19-14)12-7-2-3-8-17-12/h2-9H,1H3,(H2,16,18). The zero-order valence-electron chi connectivity index (χ0n) is 10.5. The lowest BCUT2D eigenvalue weighted by molar-refractivity contribution is 0.436. The Morgan fingerprint density at radius 3 is 2.74 bits per heavy atom. The highest BCUT2D eigenvalue weighted by Crippen LogP contribution is 2.35. The van der Waals surface area contributed by atoms with Crippen LogP contribution >= 0.6 is 0 Å². The maximum atomic E-state index is 5.90. The molecule has 0 saturated carbocycles. The SMILES string of the molecule is Cc1cccc(-c2onc(N)c2-c2ccccn2)c1. The summed E-state index contributed by atoms with van der Waals surface area (Å²) in [6, 6.07) is 13.7. The van der Waals surface area contributed by atoms with Crippen molar-refractivity contribution in [1.82, 2.24) is 10.1 Å². The molecular weight excluding hydrogens is 238 g/mol. The molecule has 2 heterocycles. The van der Waals surface area contributed by atoms with E-state index in [-0.39, 0.29) is 0 Å². The van der Waals surface area contributed by atoms with Gasteiger partial charge in [-0.2, -0.15) is 0 Å². The van der Waals surface area contributed by atoms with E-state index >= 15 is 0 Å². The van der Waals surface area contributed by atoms with Crippen LogP contribution in [0, 0.1) is 6.92 Å². The van der Waals surface area contributed by atoms with Gasteiger partial charge in [0.2, 0.25) is 0 Å². The lowest BCUT2D eigenvalue weighted by Crippen LogP contribution is -1.90. The molecule has 2 aromatic heterocycles. The molecule has 4 nitrogen and oxygen atoms in total. The van der Waals surface area contributed by atoms with E-state index < -0.39 is 0 Å². The molecule has 0 bridgehead atoms. The number of nitrogens with two attached hydrogens (primary N) is 1. The highest BCUT2D eigenvalue weighted by Gasteiger charge is 2.18. The van der Waals surface area contributed by atoms with Crippen molar-refractivity contribution in [2.24, 2.45) is 0 Å². The number of aryl methyl sites for hydroxylation is 1. The summed E-state index contributed by atoms with van der Waals surface area (Å²) >= 11 is 0. The van der Waals surface area contributed by atoms with Gasteiger partial charge in [-0.25, -0.2) is 0 Å². The van der Waals surface area contributed by atoms with Crippen LogP contribution in [0.25, 0.3) is 22.6 Å². The number of nitrogen functional groups attached to an aromatic ring is 1. The third-order valence-electron chi connectivity index (χ3n) is 2.92. The number of nitrogens with zero attached hydrogens (tertiary/aromatic N) is 2. The normalized spacial score (nSPS) is 10.6. The predicted octanol–water partition coefficient (Wildman–Crippen LogP) is 3.29. The largest absolute Gasteiger partial charge is 0.380 e. The van der Waals surface area contributed by atoms with Crippen molar-refractivity contribution in [3.8, 4) is 22.6 Å². The molecular formula is C15H13N3O. The lowest BCUT2D eigenvalue weighted by atomic mass is 10.0. The molecule has 0 saturated heterocycles. The van der Waals surface area contributed by atoms with E-state index in [1.165, 1.54) is 0 Å². The lowest BCUT2D eigenvalue weighted by Gasteiger charge is -2.02. The van der Waals surface area contributed by atoms with Gasteiger partial charge in [0.1, 0.15) is 0 Å². The molecule has 0 spiro atoms. The molecule has 1 aromatic carbocycles. The third-order valence-corrected chi connectivity index (χ3v) is 2.92. The fourth-order valence-electron chi connectivity index (χ4n) is 2.04. The summed E-state index contributed by atoms with van der Waals surface area (Å²) in [6.07, 6.45) is 1.72. The topological polar surface area (TPSA) is 64.9 Å². The molecule has 0 fully saturated rings. The van der Waals surface area contributed by atoms with Gasteiger partial charge in [0.25, 0.3) is 0 Å². The molecule has 0 unspecified atom stereocenters. The summed E-state index contributed by atoms with van der Waals surface area (Å²) in [5.74, 6) is 1.01. The minimum Gasteiger partial charge on any atom is -0.380 e. The smallest absolute Gasteiger partial charge is 0.178 e. The Bertz CT molecular complexity index is 704. The molecule has 0 radical (unpaired) electrons. The van der Waals surface area contributed by atoms with E-state index in [1.54, 1.807) is 6.20 Å². The third kappa shape index (κ3) is 2.08. The Kier molecular flexibility index (Phi) is 2.76. The van der Waals surface area contributed by atoms with Crippen LogP contribution in [0.4, 0.5) is 5.82 Å². The van der Waals surface area contributed by atoms with E-state index in [0.717, 1.165) is 22.4 Å². The minimum atomic E-state index is 0.357. The van der Waals surface area contributed by atoms with Crippen LogP contribution in [-0.4, -0.2) is 10.1 Å². The number of rotatable bonds is 2. The molecule has 19 heavy (non-hydrogen) atoms. The van der Waals surface area contributed by atoms with Crippen molar-refractivity contribution < 1.29 is 4.52 Å². The zero-order chi connectivity index (χ0) is 13.2. The van der Waals surface area contributed by atoms with Crippen molar-refractivity contribution >= 4 is 5.82 Å². The van der Waals surface area contributed by atoms with Crippen LogP contribution in [0.15, 0.2) is 53.2 Å². The number of benzene rings is 1. The summed E-state index contributed by atoms with van der Waals surface area (Å²) in [5.41, 5.74) is 9.51. The molecule has 2 N–H and O–H groups in total. The molecule has 4 heteroatoms. The highest BCUT2D eigenvalue weighted by molar-refractivity contribution is 5.84. The molecule has 0 aliphatic heterocycles. The van der Waals surface area contributed by atoms with E-state index in [1.807, 2.05) is 49.4 Å². The Balaban J connectivity index is 2.19. The average Bonchev–Trinajstić information content (AvgIpc) is 2.82. The monoisotopic (exact) mass is 251 g/mol. The summed E-state index contributed by atoms with van der Waals surface area (Å²) in [7, 11) is 0. The maximum absolute atomic E-state index is 5.90. The summed E-state index contributed by atoms with van der Waals surface area (Å²) < 4.78 is 5.38. The van der Waals surface area contributed by atoms with Crippen molar-refractivity contribution in [1.29, 1.82) is 0 Å². The first kappa shape index (κ1) is 11.5. The van der Waals surface area contributed by atoms with E-state index in [4.69, 9.17) is 10.3 Å². The van der Waals surface area contributed by atoms with Gasteiger partial charge in [0.05, 0.1) is 11.3 Å². The number of aromatic nitrogens is 2. The molecule has 94 valence electrons. The van der Waals surface area contributed by atoms with Gasteiger partial charge in [-0.15, -0.1) is 0 Å². The first-order valence-electron chi connectivity index (χ1n) is 5.99. The summed E-state index contributed by atoms with van der Waals surface area (Å²) in [4.78, 5) is 4.31. The van der Waals surface area contributed by atoms with Crippen molar-refractivity contribution in [3.05, 3.63) is 54.2 Å². The van der Waals surface area contributed by atoms with Gasteiger partial charge >= 0.3 is 0 Å². The first-order chi connectivity index (χ1) is 9.25.